The van der Waals surface area contributed by atoms with Gasteiger partial charge in [-0.2, -0.15) is 5.26 Å². The van der Waals surface area contributed by atoms with Gasteiger partial charge in [-0.3, -0.25) is 0 Å². The Balaban J connectivity index is 1.50. The first-order valence-corrected chi connectivity index (χ1v) is 8.44. The summed E-state index contributed by atoms with van der Waals surface area (Å²) >= 11 is 0. The molecule has 1 heterocycles. The molecule has 0 radical (unpaired) electrons. The van der Waals surface area contributed by atoms with Gasteiger partial charge in [0.2, 0.25) is 0 Å². The van der Waals surface area contributed by atoms with E-state index in [9.17, 15) is 4.79 Å². The van der Waals surface area contributed by atoms with E-state index in [0.717, 1.165) is 24.0 Å². The minimum atomic E-state index is -0.193. The molecule has 0 saturated carbocycles. The van der Waals surface area contributed by atoms with E-state index >= 15 is 0 Å². The second-order valence-electron chi connectivity index (χ2n) is 6.13. The van der Waals surface area contributed by atoms with E-state index in [2.05, 4.69) is 28.8 Å². The maximum Gasteiger partial charge on any atom is 0.315 e. The van der Waals surface area contributed by atoms with Gasteiger partial charge in [-0.15, -0.1) is 0 Å². The molecule has 2 aromatic rings. The molecule has 1 aliphatic heterocycles. The Kier molecular flexibility index (Phi) is 5.65. The lowest BCUT2D eigenvalue weighted by Crippen LogP contribution is -2.44. The molecule has 5 heteroatoms. The van der Waals surface area contributed by atoms with Crippen molar-refractivity contribution < 1.29 is 9.53 Å². The second kappa shape index (κ2) is 8.32. The van der Waals surface area contributed by atoms with Gasteiger partial charge in [-0.05, 0) is 36.1 Å². The number of hydrogen-bond acceptors (Lipinski definition) is 3. The molecule has 1 saturated heterocycles. The summed E-state index contributed by atoms with van der Waals surface area (Å²) in [7, 11) is 0. The lowest BCUT2D eigenvalue weighted by Gasteiger charge is -2.30. The zero-order valence-electron chi connectivity index (χ0n) is 13.9. The fourth-order valence-electron chi connectivity index (χ4n) is 3.00. The van der Waals surface area contributed by atoms with Crippen LogP contribution < -0.4 is 10.6 Å². The van der Waals surface area contributed by atoms with Crippen molar-refractivity contribution in [3.8, 4) is 6.07 Å². The summed E-state index contributed by atoms with van der Waals surface area (Å²) < 4.78 is 5.83. The van der Waals surface area contributed by atoms with Crippen LogP contribution in [0.15, 0.2) is 54.6 Å². The van der Waals surface area contributed by atoms with Gasteiger partial charge in [0, 0.05) is 19.2 Å². The van der Waals surface area contributed by atoms with Crippen molar-refractivity contribution in [2.24, 2.45) is 0 Å². The van der Waals surface area contributed by atoms with Crippen molar-refractivity contribution in [1.29, 1.82) is 5.26 Å². The summed E-state index contributed by atoms with van der Waals surface area (Å²) in [5.41, 5.74) is 2.64. The summed E-state index contributed by atoms with van der Waals surface area (Å²) in [5, 5.41) is 14.8. The lowest BCUT2D eigenvalue weighted by atomic mass is 9.97. The summed E-state index contributed by atoms with van der Waals surface area (Å²) in [6.07, 6.45) is 1.59. The molecular weight excluding hydrogens is 314 g/mol. The van der Waals surface area contributed by atoms with E-state index in [4.69, 9.17) is 10.00 Å². The quantitative estimate of drug-likeness (QED) is 0.900. The van der Waals surface area contributed by atoms with Crippen molar-refractivity contribution in [1.82, 2.24) is 10.6 Å². The molecule has 2 N–H and O–H groups in total. The monoisotopic (exact) mass is 335 g/mol. The molecule has 0 spiro atoms. The van der Waals surface area contributed by atoms with Gasteiger partial charge in [0.15, 0.2) is 0 Å². The molecule has 1 fully saturated rings. The third kappa shape index (κ3) is 4.82. The normalized spacial score (nSPS) is 19.6. The highest BCUT2D eigenvalue weighted by molar-refractivity contribution is 5.74. The minimum absolute atomic E-state index is 0.0209. The number of carbonyl (C=O) groups excluding carboxylic acids is 1. The lowest BCUT2D eigenvalue weighted by molar-refractivity contribution is 0.00225. The molecule has 2 aromatic carbocycles. The Morgan fingerprint density at radius 1 is 1.20 bits per heavy atom. The summed E-state index contributed by atoms with van der Waals surface area (Å²) in [6, 6.07) is 19.3. The highest BCUT2D eigenvalue weighted by Gasteiger charge is 2.24. The van der Waals surface area contributed by atoms with Crippen LogP contribution in [0.1, 0.15) is 35.6 Å². The average Bonchev–Trinajstić information content (AvgIpc) is 2.67. The summed E-state index contributed by atoms with van der Waals surface area (Å²) in [5.74, 6) is 0. The van der Waals surface area contributed by atoms with Crippen LogP contribution in [0, 0.1) is 11.3 Å². The van der Waals surface area contributed by atoms with Gasteiger partial charge in [0.25, 0.3) is 0 Å². The Labute approximate surface area is 147 Å². The number of ether oxygens (including phenoxy) is 1. The predicted molar refractivity (Wildman–Crippen MR) is 94.7 cm³/mol. The average molecular weight is 335 g/mol. The molecule has 25 heavy (non-hydrogen) atoms. The summed E-state index contributed by atoms with van der Waals surface area (Å²) in [6.45, 7) is 1.03. The number of nitriles is 1. The molecule has 0 aromatic heterocycles. The first-order chi connectivity index (χ1) is 12.2. The molecular formula is C20H21N3O2. The highest BCUT2D eigenvalue weighted by Crippen LogP contribution is 2.27. The molecule has 5 nitrogen and oxygen atoms in total. The number of rotatable bonds is 4. The van der Waals surface area contributed by atoms with Crippen LogP contribution in [0.3, 0.4) is 0 Å². The van der Waals surface area contributed by atoms with Crippen molar-refractivity contribution in [2.45, 2.75) is 31.5 Å². The number of nitrogens with one attached hydrogen (secondary N) is 2. The van der Waals surface area contributed by atoms with Crippen LogP contribution in [0.4, 0.5) is 4.79 Å². The Bertz CT molecular complexity index is 755. The van der Waals surface area contributed by atoms with E-state index in [1.54, 1.807) is 12.1 Å². The number of hydrogen-bond donors (Lipinski definition) is 2. The van der Waals surface area contributed by atoms with E-state index in [0.29, 0.717) is 18.7 Å². The Morgan fingerprint density at radius 3 is 2.84 bits per heavy atom. The van der Waals surface area contributed by atoms with Gasteiger partial charge in [-0.1, -0.05) is 42.5 Å². The van der Waals surface area contributed by atoms with E-state index in [1.165, 1.54) is 0 Å². The third-order valence-corrected chi connectivity index (χ3v) is 4.30. The third-order valence-electron chi connectivity index (χ3n) is 4.30. The fourth-order valence-corrected chi connectivity index (χ4v) is 3.00. The van der Waals surface area contributed by atoms with Crippen molar-refractivity contribution in [3.63, 3.8) is 0 Å². The van der Waals surface area contributed by atoms with Gasteiger partial charge < -0.3 is 15.4 Å². The van der Waals surface area contributed by atoms with E-state index in [1.807, 2.05) is 30.3 Å². The molecule has 0 aliphatic carbocycles. The molecule has 1 aliphatic rings. The molecule has 0 bridgehead atoms. The smallest absolute Gasteiger partial charge is 0.315 e. The zero-order valence-corrected chi connectivity index (χ0v) is 13.9. The first-order valence-electron chi connectivity index (χ1n) is 8.44. The molecule has 2 atom stereocenters. The topological polar surface area (TPSA) is 74.2 Å². The highest BCUT2D eigenvalue weighted by atomic mass is 16.5. The number of nitrogens with zero attached hydrogens (tertiary/aromatic N) is 1. The van der Waals surface area contributed by atoms with Gasteiger partial charge in [-0.25, -0.2) is 4.79 Å². The number of amides is 2. The predicted octanol–water partition coefficient (Wildman–Crippen LogP) is 3.28. The first kappa shape index (κ1) is 17.0. The summed E-state index contributed by atoms with van der Waals surface area (Å²) in [4.78, 5) is 12.2. The largest absolute Gasteiger partial charge is 0.373 e. The van der Waals surface area contributed by atoms with E-state index in [-0.39, 0.29) is 18.2 Å². The molecule has 0 unspecified atom stereocenters. The number of carbonyl (C=O) groups is 1. The van der Waals surface area contributed by atoms with Crippen molar-refractivity contribution in [2.75, 3.05) is 6.61 Å². The minimum Gasteiger partial charge on any atom is -0.373 e. The second-order valence-corrected chi connectivity index (χ2v) is 6.13. The van der Waals surface area contributed by atoms with E-state index < -0.39 is 0 Å². The molecule has 2 amide bonds. The van der Waals surface area contributed by atoms with Crippen LogP contribution in [-0.2, 0) is 11.3 Å². The fraction of sp³-hybridized carbons (Fsp3) is 0.300. The number of benzene rings is 2. The Hall–Kier alpha value is -2.84. The van der Waals surface area contributed by atoms with Crippen molar-refractivity contribution >= 4 is 6.03 Å². The SMILES string of the molecule is N#Cc1cccc(CNC(=O)N[C@H]2CCO[C@H](c3ccccc3)C2)c1. The van der Waals surface area contributed by atoms with Crippen LogP contribution in [-0.4, -0.2) is 18.7 Å². The maximum atomic E-state index is 12.2. The van der Waals surface area contributed by atoms with Gasteiger partial charge in [0.05, 0.1) is 17.7 Å². The van der Waals surface area contributed by atoms with Crippen LogP contribution >= 0.6 is 0 Å². The van der Waals surface area contributed by atoms with Crippen molar-refractivity contribution in [3.05, 3.63) is 71.3 Å². The van der Waals surface area contributed by atoms with Gasteiger partial charge >= 0.3 is 6.03 Å². The van der Waals surface area contributed by atoms with Crippen LogP contribution in [0.2, 0.25) is 0 Å². The molecule has 128 valence electrons. The zero-order chi connectivity index (χ0) is 17.5. The van der Waals surface area contributed by atoms with Crippen LogP contribution in [0.5, 0.6) is 0 Å². The Morgan fingerprint density at radius 2 is 2.04 bits per heavy atom. The number of urea groups is 1. The van der Waals surface area contributed by atoms with Gasteiger partial charge in [0.1, 0.15) is 0 Å². The standard InChI is InChI=1S/C20H21N3O2/c21-13-15-5-4-6-16(11-15)14-22-20(24)23-18-9-10-25-19(12-18)17-7-2-1-3-8-17/h1-8,11,18-19H,9-10,12,14H2,(H2,22,23,24)/t18-,19-/m0/s1. The maximum absolute atomic E-state index is 12.2. The van der Waals surface area contributed by atoms with Crippen LogP contribution in [0.25, 0.3) is 0 Å². The molecule has 3 rings (SSSR count).